The van der Waals surface area contributed by atoms with Gasteiger partial charge in [0.05, 0.1) is 0 Å². The van der Waals surface area contributed by atoms with Crippen molar-refractivity contribution < 1.29 is 0 Å². The van der Waals surface area contributed by atoms with Gasteiger partial charge in [0.1, 0.15) is 0 Å². The van der Waals surface area contributed by atoms with Gasteiger partial charge in [-0.2, -0.15) is 0 Å². The van der Waals surface area contributed by atoms with Crippen molar-refractivity contribution in [2.45, 2.75) is 65.2 Å². The number of aryl methyl sites for hydroxylation is 1. The van der Waals surface area contributed by atoms with Crippen LogP contribution in [0.3, 0.4) is 0 Å². The fraction of sp³-hybridized carbons (Fsp3) is 0.625. The van der Waals surface area contributed by atoms with E-state index in [1.165, 1.54) is 43.2 Å². The Labute approximate surface area is 101 Å². The molecule has 0 N–H and O–H groups in total. The van der Waals surface area contributed by atoms with Crippen LogP contribution in [0.2, 0.25) is 0 Å². The first-order valence-corrected chi connectivity index (χ1v) is 6.55. The summed E-state index contributed by atoms with van der Waals surface area (Å²) in [5.41, 5.74) is 2.93. The zero-order valence-corrected chi connectivity index (χ0v) is 11.3. The van der Waals surface area contributed by atoms with Crippen molar-refractivity contribution in [1.82, 2.24) is 0 Å². The third-order valence-electron chi connectivity index (χ3n) is 2.96. The lowest BCUT2D eigenvalue weighted by Gasteiger charge is -2.19. The molecule has 0 aliphatic rings. The third kappa shape index (κ3) is 4.38. The van der Waals surface area contributed by atoms with Gasteiger partial charge in [0.2, 0.25) is 0 Å². The highest BCUT2D eigenvalue weighted by molar-refractivity contribution is 5.27. The van der Waals surface area contributed by atoms with Crippen molar-refractivity contribution in [3.63, 3.8) is 0 Å². The van der Waals surface area contributed by atoms with Crippen LogP contribution in [0, 0.1) is 6.07 Å². The molecule has 0 aromatic heterocycles. The highest BCUT2D eigenvalue weighted by atomic mass is 14.2. The Hall–Kier alpha value is -0.780. The number of rotatable bonds is 5. The third-order valence-corrected chi connectivity index (χ3v) is 2.96. The van der Waals surface area contributed by atoms with E-state index in [0.29, 0.717) is 0 Å². The first-order chi connectivity index (χ1) is 7.54. The maximum Gasteiger partial charge on any atom is -0.0109 e. The molecule has 16 heavy (non-hydrogen) atoms. The Morgan fingerprint density at radius 2 is 1.81 bits per heavy atom. The Balaban J connectivity index is 2.54. The van der Waals surface area contributed by atoms with Gasteiger partial charge in [-0.05, 0) is 35.4 Å². The topological polar surface area (TPSA) is 0 Å². The molecule has 0 heterocycles. The fourth-order valence-electron chi connectivity index (χ4n) is 1.84. The summed E-state index contributed by atoms with van der Waals surface area (Å²) in [6.45, 7) is 9.01. The minimum Gasteiger partial charge on any atom is -0.0654 e. The van der Waals surface area contributed by atoms with Crippen LogP contribution in [0.15, 0.2) is 18.2 Å². The van der Waals surface area contributed by atoms with Crippen molar-refractivity contribution >= 4 is 0 Å². The number of hydrogen-bond acceptors (Lipinski definition) is 0. The number of benzene rings is 1. The first-order valence-electron chi connectivity index (χ1n) is 6.55. The molecule has 0 saturated carbocycles. The average Bonchev–Trinajstić information content (AvgIpc) is 2.24. The van der Waals surface area contributed by atoms with E-state index >= 15 is 0 Å². The average molecular weight is 217 g/mol. The standard InChI is InChI=1S/C16H25/c1-5-6-7-8-10-14-11-9-12-15(13-14)16(2,3)4/h9,11-12H,5-8,10H2,1-4H3. The first kappa shape index (κ1) is 13.3. The SMILES string of the molecule is CCCCCCc1[c]c(C(C)(C)C)ccc1. The molecule has 1 radical (unpaired) electrons. The highest BCUT2D eigenvalue weighted by Crippen LogP contribution is 2.22. The lowest BCUT2D eigenvalue weighted by molar-refractivity contribution is 0.587. The summed E-state index contributed by atoms with van der Waals surface area (Å²) in [7, 11) is 0. The Morgan fingerprint density at radius 3 is 2.44 bits per heavy atom. The van der Waals surface area contributed by atoms with Crippen LogP contribution in [-0.2, 0) is 11.8 Å². The maximum absolute atomic E-state index is 3.56. The zero-order valence-electron chi connectivity index (χ0n) is 11.3. The van der Waals surface area contributed by atoms with Gasteiger partial charge < -0.3 is 0 Å². The van der Waals surface area contributed by atoms with Crippen LogP contribution < -0.4 is 0 Å². The summed E-state index contributed by atoms with van der Waals surface area (Å²) in [5, 5.41) is 0. The van der Waals surface area contributed by atoms with E-state index in [2.05, 4.69) is 52.0 Å². The summed E-state index contributed by atoms with van der Waals surface area (Å²) in [6.07, 6.45) is 6.51. The minimum absolute atomic E-state index is 0.222. The molecular formula is C16H25. The number of hydrogen-bond donors (Lipinski definition) is 0. The van der Waals surface area contributed by atoms with E-state index in [9.17, 15) is 0 Å². The quantitative estimate of drug-likeness (QED) is 0.615. The smallest absolute Gasteiger partial charge is 0.0109 e. The highest BCUT2D eigenvalue weighted by Gasteiger charge is 2.13. The van der Waals surface area contributed by atoms with Crippen molar-refractivity contribution in [3.05, 3.63) is 35.4 Å². The van der Waals surface area contributed by atoms with Gasteiger partial charge in [0.15, 0.2) is 0 Å². The molecule has 0 aliphatic carbocycles. The molecule has 0 bridgehead atoms. The van der Waals surface area contributed by atoms with E-state index in [4.69, 9.17) is 0 Å². The second kappa shape index (κ2) is 6.08. The Morgan fingerprint density at radius 1 is 1.06 bits per heavy atom. The molecule has 1 rings (SSSR count). The summed E-state index contributed by atoms with van der Waals surface area (Å²) < 4.78 is 0. The Kier molecular flexibility index (Phi) is 5.05. The van der Waals surface area contributed by atoms with Crippen molar-refractivity contribution in [3.8, 4) is 0 Å². The van der Waals surface area contributed by atoms with Gasteiger partial charge in [0.25, 0.3) is 0 Å². The largest absolute Gasteiger partial charge is 0.0654 e. The molecule has 0 nitrogen and oxygen atoms in total. The van der Waals surface area contributed by atoms with Gasteiger partial charge in [-0.25, -0.2) is 0 Å². The van der Waals surface area contributed by atoms with Crippen LogP contribution in [0.1, 0.15) is 64.5 Å². The van der Waals surface area contributed by atoms with E-state index in [1.807, 2.05) is 0 Å². The van der Waals surface area contributed by atoms with Gasteiger partial charge in [-0.15, -0.1) is 0 Å². The van der Waals surface area contributed by atoms with E-state index in [0.717, 1.165) is 0 Å². The van der Waals surface area contributed by atoms with Crippen LogP contribution >= 0.6 is 0 Å². The lowest BCUT2D eigenvalue weighted by atomic mass is 9.86. The Bertz CT molecular complexity index is 304. The second-order valence-electron chi connectivity index (χ2n) is 5.65. The molecule has 0 amide bonds. The van der Waals surface area contributed by atoms with E-state index in [1.54, 1.807) is 0 Å². The van der Waals surface area contributed by atoms with Crippen LogP contribution in [0.5, 0.6) is 0 Å². The molecule has 1 aromatic carbocycles. The normalized spacial score (nSPS) is 11.8. The maximum atomic E-state index is 3.56. The molecule has 0 fully saturated rings. The molecule has 0 atom stereocenters. The second-order valence-corrected chi connectivity index (χ2v) is 5.65. The predicted molar refractivity (Wildman–Crippen MR) is 71.8 cm³/mol. The summed E-state index contributed by atoms with van der Waals surface area (Å²) in [5.74, 6) is 0. The zero-order chi connectivity index (χ0) is 12.0. The van der Waals surface area contributed by atoms with Crippen molar-refractivity contribution in [2.24, 2.45) is 0 Å². The van der Waals surface area contributed by atoms with Gasteiger partial charge in [-0.1, -0.05) is 65.2 Å². The van der Waals surface area contributed by atoms with E-state index < -0.39 is 0 Å². The monoisotopic (exact) mass is 217 g/mol. The van der Waals surface area contributed by atoms with Gasteiger partial charge in [0, 0.05) is 0 Å². The predicted octanol–water partition coefficient (Wildman–Crippen LogP) is 4.91. The van der Waals surface area contributed by atoms with Crippen molar-refractivity contribution in [1.29, 1.82) is 0 Å². The van der Waals surface area contributed by atoms with Crippen LogP contribution in [0.4, 0.5) is 0 Å². The molecule has 0 aliphatic heterocycles. The summed E-state index contributed by atoms with van der Waals surface area (Å²) in [6, 6.07) is 10.1. The molecule has 1 aromatic rings. The molecule has 0 saturated heterocycles. The molecule has 0 heteroatoms. The lowest BCUT2D eigenvalue weighted by Crippen LogP contribution is -2.11. The van der Waals surface area contributed by atoms with Gasteiger partial charge in [-0.3, -0.25) is 0 Å². The minimum atomic E-state index is 0.222. The molecule has 0 unspecified atom stereocenters. The number of unbranched alkanes of at least 4 members (excludes halogenated alkanes) is 3. The summed E-state index contributed by atoms with van der Waals surface area (Å²) >= 11 is 0. The van der Waals surface area contributed by atoms with Crippen LogP contribution in [0.25, 0.3) is 0 Å². The van der Waals surface area contributed by atoms with Crippen LogP contribution in [-0.4, -0.2) is 0 Å². The fourth-order valence-corrected chi connectivity index (χ4v) is 1.84. The van der Waals surface area contributed by atoms with E-state index in [-0.39, 0.29) is 5.41 Å². The summed E-state index contributed by atoms with van der Waals surface area (Å²) in [4.78, 5) is 0. The van der Waals surface area contributed by atoms with Crippen molar-refractivity contribution in [2.75, 3.05) is 0 Å². The van der Waals surface area contributed by atoms with Gasteiger partial charge >= 0.3 is 0 Å². The molecule has 89 valence electrons. The molecular weight excluding hydrogens is 192 g/mol. The molecule has 0 spiro atoms.